The lowest BCUT2D eigenvalue weighted by molar-refractivity contribution is -0.604. The van der Waals surface area contributed by atoms with Crippen LogP contribution in [0.15, 0.2) is 76.8 Å². The number of thioether (sulfide) groups is 1. The molecule has 1 spiro atoms. The highest BCUT2D eigenvalue weighted by Crippen LogP contribution is 2.59. The normalized spacial score (nSPS) is 23.4. The van der Waals surface area contributed by atoms with Gasteiger partial charge < -0.3 is 14.6 Å². The number of benzene rings is 2. The monoisotopic (exact) mass is 587 g/mol. The molecule has 5 heterocycles. The molecule has 8 rings (SSSR count). The van der Waals surface area contributed by atoms with Crippen LogP contribution in [0.3, 0.4) is 0 Å². The second-order valence-corrected chi connectivity index (χ2v) is 11.9. The molecule has 0 radical (unpaired) electrons. The smallest absolute Gasteiger partial charge is 0.392 e. The summed E-state index contributed by atoms with van der Waals surface area (Å²) in [5.41, 5.74) is 6.70. The third-order valence-corrected chi connectivity index (χ3v) is 9.78. The molecule has 2 N–H and O–H groups in total. The van der Waals surface area contributed by atoms with Gasteiger partial charge in [-0.3, -0.25) is 15.2 Å². The number of hydrogen-bond acceptors (Lipinski definition) is 6. The van der Waals surface area contributed by atoms with Crippen molar-refractivity contribution in [2.45, 2.75) is 41.4 Å². The quantitative estimate of drug-likeness (QED) is 0.348. The number of nitrogens with zero attached hydrogens (tertiary/aromatic N) is 3. The summed E-state index contributed by atoms with van der Waals surface area (Å²) >= 11 is 1.49. The van der Waals surface area contributed by atoms with Crippen LogP contribution in [0.2, 0.25) is 0 Å². The van der Waals surface area contributed by atoms with E-state index in [2.05, 4.69) is 10.4 Å². The molecule has 212 valence electrons. The van der Waals surface area contributed by atoms with E-state index in [-0.39, 0.29) is 41.4 Å². The van der Waals surface area contributed by atoms with E-state index < -0.39 is 17.3 Å². The van der Waals surface area contributed by atoms with Crippen LogP contribution < -0.4 is 15.6 Å². The Morgan fingerprint density at radius 2 is 2.02 bits per heavy atom. The van der Waals surface area contributed by atoms with E-state index >= 15 is 0 Å². The first-order valence-electron chi connectivity index (χ1n) is 13.7. The minimum Gasteiger partial charge on any atom is -0.482 e. The predicted molar refractivity (Wildman–Crippen MR) is 151 cm³/mol. The van der Waals surface area contributed by atoms with Crippen LogP contribution in [0.4, 0.5) is 8.78 Å². The van der Waals surface area contributed by atoms with E-state index in [1.54, 1.807) is 41.5 Å². The molecule has 11 heteroatoms. The molecule has 2 fully saturated rings. The number of fused-ring (bicyclic) bond motifs is 3. The number of halogens is 2. The second-order valence-electron chi connectivity index (χ2n) is 10.8. The first-order chi connectivity index (χ1) is 20.5. The molecule has 4 aromatic rings. The van der Waals surface area contributed by atoms with Crippen molar-refractivity contribution in [2.75, 3.05) is 18.6 Å². The molecule has 0 bridgehead atoms. The van der Waals surface area contributed by atoms with E-state index in [1.165, 1.54) is 23.9 Å². The lowest BCUT2D eigenvalue weighted by atomic mass is 9.94. The van der Waals surface area contributed by atoms with Gasteiger partial charge in [0, 0.05) is 40.9 Å². The Kier molecular flexibility index (Phi) is 5.70. The average molecular weight is 588 g/mol. The summed E-state index contributed by atoms with van der Waals surface area (Å²) in [6.45, 7) is 0.924. The Hall–Kier alpha value is -4.22. The van der Waals surface area contributed by atoms with E-state index in [0.717, 1.165) is 27.1 Å². The summed E-state index contributed by atoms with van der Waals surface area (Å²) in [7, 11) is 0. The van der Waals surface area contributed by atoms with Crippen LogP contribution in [-0.2, 0) is 23.5 Å². The molecule has 2 aromatic heterocycles. The number of ether oxygens (including phenoxy) is 2. The van der Waals surface area contributed by atoms with Crippen molar-refractivity contribution in [3.63, 3.8) is 0 Å². The predicted octanol–water partition coefficient (Wildman–Crippen LogP) is 4.06. The summed E-state index contributed by atoms with van der Waals surface area (Å²) in [6, 6.07) is 13.9. The average Bonchev–Trinajstić information content (AvgIpc) is 3.70. The molecule has 3 atom stereocenters. The van der Waals surface area contributed by atoms with Crippen LogP contribution >= 0.6 is 11.8 Å². The Balaban J connectivity index is 1.20. The summed E-state index contributed by atoms with van der Waals surface area (Å²) in [6.07, 6.45) is 5.05. The SMILES string of the molecule is O=c1ccn2c(c1OCc1ccncc1)C(O)=[N+]1CCO[C@H]3C(c4cccc5c4Cc4ccc(F)c(F)c4CS5)[C@]31N2. The molecule has 42 heavy (non-hydrogen) atoms. The number of pyridine rings is 2. The Labute approximate surface area is 243 Å². The number of hydrogen-bond donors (Lipinski definition) is 2. The molecule has 0 amide bonds. The molecular formula is C31H25F2N4O4S+. The van der Waals surface area contributed by atoms with E-state index in [0.29, 0.717) is 30.9 Å². The summed E-state index contributed by atoms with van der Waals surface area (Å²) in [5, 5.41) is 11.7. The molecule has 2 aromatic carbocycles. The molecule has 3 aliphatic heterocycles. The molecule has 1 saturated carbocycles. The van der Waals surface area contributed by atoms with Gasteiger partial charge in [-0.05, 0) is 52.9 Å². The van der Waals surface area contributed by atoms with Gasteiger partial charge >= 0.3 is 5.90 Å². The van der Waals surface area contributed by atoms with Crippen molar-refractivity contribution in [1.82, 2.24) is 9.66 Å². The fraction of sp³-hybridized carbons (Fsp3) is 0.258. The summed E-state index contributed by atoms with van der Waals surface area (Å²) < 4.78 is 44.5. The van der Waals surface area contributed by atoms with Gasteiger partial charge in [0.15, 0.2) is 24.3 Å². The third-order valence-electron chi connectivity index (χ3n) is 8.65. The summed E-state index contributed by atoms with van der Waals surface area (Å²) in [5.74, 6) is -1.48. The zero-order valence-corrected chi connectivity index (χ0v) is 23.0. The van der Waals surface area contributed by atoms with Crippen LogP contribution in [-0.4, -0.2) is 50.2 Å². The Morgan fingerprint density at radius 3 is 2.88 bits per heavy atom. The largest absolute Gasteiger partial charge is 0.482 e. The Morgan fingerprint density at radius 1 is 1.17 bits per heavy atom. The number of nitrogens with one attached hydrogen (secondary N) is 1. The number of rotatable bonds is 4. The molecule has 8 nitrogen and oxygen atoms in total. The van der Waals surface area contributed by atoms with Gasteiger partial charge in [0.1, 0.15) is 19.1 Å². The maximum absolute atomic E-state index is 14.7. The van der Waals surface area contributed by atoms with Gasteiger partial charge in [0.25, 0.3) is 5.66 Å². The standard InChI is InChI=1S/C31H24F2N4O4S/c32-22-5-4-18-14-20-19(2-1-3-24(20)42-16-21(18)26(22)33)25-29-31(25)35-37-11-8-23(38)28(41-15-17-6-9-34-10-7-17)27(37)30(39)36(31)12-13-40-29/h1-11,25,29,35H,12-16H2/p+1/t25?,29-,31+/m0/s1. The number of aliphatic hydroxyl groups excluding tert-OH is 1. The number of morpholine rings is 1. The van der Waals surface area contributed by atoms with Gasteiger partial charge in [0.2, 0.25) is 16.9 Å². The van der Waals surface area contributed by atoms with Crippen molar-refractivity contribution in [1.29, 1.82) is 0 Å². The molecule has 1 unspecified atom stereocenters. The Bertz CT molecular complexity index is 1860. The number of aliphatic hydroxyl groups is 1. The minimum absolute atomic E-state index is 0.0465. The van der Waals surface area contributed by atoms with Crippen molar-refractivity contribution >= 4 is 17.7 Å². The van der Waals surface area contributed by atoms with Crippen LogP contribution in [0.5, 0.6) is 5.75 Å². The van der Waals surface area contributed by atoms with Crippen molar-refractivity contribution < 1.29 is 27.9 Å². The van der Waals surface area contributed by atoms with Gasteiger partial charge in [-0.25, -0.2) is 13.5 Å². The zero-order chi connectivity index (χ0) is 28.6. The minimum atomic E-state index is -0.838. The maximum Gasteiger partial charge on any atom is 0.392 e. The van der Waals surface area contributed by atoms with Gasteiger partial charge in [-0.1, -0.05) is 18.2 Å². The van der Waals surface area contributed by atoms with Crippen LogP contribution in [0.25, 0.3) is 0 Å². The second kappa shape index (κ2) is 9.40. The van der Waals surface area contributed by atoms with Crippen LogP contribution in [0.1, 0.15) is 39.4 Å². The highest BCUT2D eigenvalue weighted by Gasteiger charge is 2.80. The first-order valence-corrected chi connectivity index (χ1v) is 14.7. The van der Waals surface area contributed by atoms with Gasteiger partial charge in [-0.2, -0.15) is 4.58 Å². The molecular weight excluding hydrogens is 562 g/mol. The van der Waals surface area contributed by atoms with Crippen LogP contribution in [0, 0.1) is 11.6 Å². The van der Waals surface area contributed by atoms with E-state index in [4.69, 9.17) is 9.47 Å². The van der Waals surface area contributed by atoms with Crippen molar-refractivity contribution in [2.24, 2.45) is 0 Å². The maximum atomic E-state index is 14.7. The molecule has 1 aliphatic carbocycles. The zero-order valence-electron chi connectivity index (χ0n) is 22.2. The number of aromatic nitrogens is 2. The van der Waals surface area contributed by atoms with E-state index in [9.17, 15) is 18.7 Å². The van der Waals surface area contributed by atoms with Crippen molar-refractivity contribution in [3.05, 3.63) is 122 Å². The highest BCUT2D eigenvalue weighted by atomic mass is 32.2. The summed E-state index contributed by atoms with van der Waals surface area (Å²) in [4.78, 5) is 18.0. The molecule has 4 aliphatic rings. The fourth-order valence-electron chi connectivity index (χ4n) is 6.63. The highest BCUT2D eigenvalue weighted by molar-refractivity contribution is 7.98. The third kappa shape index (κ3) is 3.66. The van der Waals surface area contributed by atoms with Gasteiger partial charge in [-0.15, -0.1) is 11.8 Å². The molecule has 1 saturated heterocycles. The lowest BCUT2D eigenvalue weighted by Gasteiger charge is -2.30. The topological polar surface area (TPSA) is 88.6 Å². The lowest BCUT2D eigenvalue weighted by Crippen LogP contribution is -2.56. The fourth-order valence-corrected chi connectivity index (χ4v) is 7.78. The van der Waals surface area contributed by atoms with Gasteiger partial charge in [0.05, 0.1) is 0 Å². The van der Waals surface area contributed by atoms with Crippen molar-refractivity contribution in [3.8, 4) is 5.75 Å². The first kappa shape index (κ1) is 25.5. The van der Waals surface area contributed by atoms with E-state index in [1.807, 2.05) is 22.8 Å².